The second-order valence-corrected chi connectivity index (χ2v) is 8.71. The number of methoxy groups -OCH3 is 1. The van der Waals surface area contributed by atoms with Crippen molar-refractivity contribution in [2.45, 2.75) is 31.2 Å². The van der Waals surface area contributed by atoms with Crippen molar-refractivity contribution in [2.75, 3.05) is 13.7 Å². The predicted molar refractivity (Wildman–Crippen MR) is 113 cm³/mol. The Morgan fingerprint density at radius 1 is 1.14 bits per heavy atom. The molecule has 2 aromatic carbocycles. The van der Waals surface area contributed by atoms with Gasteiger partial charge in [-0.25, -0.2) is 13.4 Å². The molecule has 154 valence electrons. The lowest BCUT2D eigenvalue weighted by atomic mass is 10.2. The number of para-hydroxylation sites is 1. The second-order valence-electron chi connectivity index (χ2n) is 6.82. The fourth-order valence-corrected chi connectivity index (χ4v) is 5.05. The number of hydrogen-bond acceptors (Lipinski definition) is 5. The maximum Gasteiger partial charge on any atom is 0.261 e. The number of benzene rings is 2. The molecule has 3 aromatic rings. The molecule has 0 spiro atoms. The van der Waals surface area contributed by atoms with Crippen molar-refractivity contribution in [3.63, 3.8) is 0 Å². The Morgan fingerprint density at radius 3 is 2.41 bits per heavy atom. The normalized spacial score (nSPS) is 13.0. The SMILES string of the molecule is CCCN(C(C)c1nc2ccccc2c(=O)n1C)S(=O)(=O)c1ccc(OC)cc1. The molecule has 0 aliphatic carbocycles. The van der Waals surface area contributed by atoms with Gasteiger partial charge in [-0.15, -0.1) is 0 Å². The van der Waals surface area contributed by atoms with Crippen LogP contribution in [0, 0.1) is 0 Å². The lowest BCUT2D eigenvalue weighted by Crippen LogP contribution is -2.37. The maximum atomic E-state index is 13.4. The lowest BCUT2D eigenvalue weighted by Gasteiger charge is -2.28. The Labute approximate surface area is 170 Å². The van der Waals surface area contributed by atoms with Crippen LogP contribution in [0.25, 0.3) is 10.9 Å². The summed E-state index contributed by atoms with van der Waals surface area (Å²) in [6.07, 6.45) is 0.626. The molecule has 3 rings (SSSR count). The van der Waals surface area contributed by atoms with E-state index in [-0.39, 0.29) is 10.5 Å². The third-order valence-electron chi connectivity index (χ3n) is 4.93. The monoisotopic (exact) mass is 415 g/mol. The molecule has 8 heteroatoms. The summed E-state index contributed by atoms with van der Waals surface area (Å²) < 4.78 is 34.7. The predicted octanol–water partition coefficient (Wildman–Crippen LogP) is 3.10. The van der Waals surface area contributed by atoms with Crippen molar-refractivity contribution >= 4 is 20.9 Å². The van der Waals surface area contributed by atoms with Crippen LogP contribution in [-0.2, 0) is 17.1 Å². The van der Waals surface area contributed by atoms with E-state index in [0.717, 1.165) is 0 Å². The van der Waals surface area contributed by atoms with Gasteiger partial charge in [0.05, 0.1) is 29.0 Å². The van der Waals surface area contributed by atoms with Crippen LogP contribution in [0.15, 0.2) is 58.2 Å². The van der Waals surface area contributed by atoms with Gasteiger partial charge in [-0.2, -0.15) is 4.31 Å². The molecule has 0 aliphatic heterocycles. The molecule has 0 saturated heterocycles. The summed E-state index contributed by atoms with van der Waals surface area (Å²) in [6.45, 7) is 3.97. The Balaban J connectivity index is 2.10. The zero-order valence-corrected chi connectivity index (χ0v) is 17.8. The van der Waals surface area contributed by atoms with Crippen molar-refractivity contribution in [3.8, 4) is 5.75 Å². The number of nitrogens with zero attached hydrogens (tertiary/aromatic N) is 3. The highest BCUT2D eigenvalue weighted by atomic mass is 32.2. The van der Waals surface area contributed by atoms with Gasteiger partial charge in [-0.05, 0) is 49.7 Å². The van der Waals surface area contributed by atoms with Gasteiger partial charge in [0.1, 0.15) is 11.6 Å². The molecule has 7 nitrogen and oxygen atoms in total. The van der Waals surface area contributed by atoms with Crippen LogP contribution in [0.3, 0.4) is 0 Å². The maximum absolute atomic E-state index is 13.4. The first-order valence-corrected chi connectivity index (χ1v) is 10.9. The number of hydrogen-bond donors (Lipinski definition) is 0. The minimum atomic E-state index is -3.80. The molecule has 1 aromatic heterocycles. The van der Waals surface area contributed by atoms with E-state index in [2.05, 4.69) is 4.98 Å². The summed E-state index contributed by atoms with van der Waals surface area (Å²) in [5.41, 5.74) is 0.353. The zero-order chi connectivity index (χ0) is 21.2. The number of ether oxygens (including phenoxy) is 1. The van der Waals surface area contributed by atoms with Gasteiger partial charge in [0, 0.05) is 13.6 Å². The molecule has 1 heterocycles. The van der Waals surface area contributed by atoms with E-state index in [9.17, 15) is 13.2 Å². The summed E-state index contributed by atoms with van der Waals surface area (Å²) in [5.74, 6) is 0.983. The first-order chi connectivity index (χ1) is 13.8. The van der Waals surface area contributed by atoms with Gasteiger partial charge in [0.2, 0.25) is 10.0 Å². The van der Waals surface area contributed by atoms with E-state index < -0.39 is 16.1 Å². The second kappa shape index (κ2) is 8.34. The van der Waals surface area contributed by atoms with Crippen LogP contribution >= 0.6 is 0 Å². The molecule has 1 unspecified atom stereocenters. The number of aromatic nitrogens is 2. The third-order valence-corrected chi connectivity index (χ3v) is 6.92. The van der Waals surface area contributed by atoms with Crippen molar-refractivity contribution in [1.82, 2.24) is 13.9 Å². The van der Waals surface area contributed by atoms with E-state index in [4.69, 9.17) is 4.74 Å². The molecule has 0 aliphatic rings. The smallest absolute Gasteiger partial charge is 0.261 e. The van der Waals surface area contributed by atoms with E-state index in [0.29, 0.717) is 35.4 Å². The standard InChI is InChI=1S/C21H25N3O4S/c1-5-14-24(29(26,27)17-12-10-16(28-4)11-13-17)15(2)20-22-19-9-7-6-8-18(19)21(25)23(20)3/h6-13,15H,5,14H2,1-4H3. The molecular formula is C21H25N3O4S. The number of sulfonamides is 1. The molecule has 0 fully saturated rings. The van der Waals surface area contributed by atoms with Gasteiger partial charge in [-0.1, -0.05) is 19.1 Å². The lowest BCUT2D eigenvalue weighted by molar-refractivity contribution is 0.324. The van der Waals surface area contributed by atoms with E-state index >= 15 is 0 Å². The van der Waals surface area contributed by atoms with E-state index in [1.54, 1.807) is 50.4 Å². The van der Waals surface area contributed by atoms with Crippen LogP contribution in [0.1, 0.15) is 32.1 Å². The first kappa shape index (κ1) is 21.0. The summed E-state index contributed by atoms with van der Waals surface area (Å²) in [7, 11) is -0.645. The van der Waals surface area contributed by atoms with Gasteiger partial charge >= 0.3 is 0 Å². The van der Waals surface area contributed by atoms with Crippen molar-refractivity contribution in [3.05, 3.63) is 64.7 Å². The largest absolute Gasteiger partial charge is 0.497 e. The Hall–Kier alpha value is -2.71. The number of fused-ring (bicyclic) bond motifs is 1. The quantitative estimate of drug-likeness (QED) is 0.592. The van der Waals surface area contributed by atoms with Crippen LogP contribution in [-0.4, -0.2) is 35.9 Å². The molecular weight excluding hydrogens is 390 g/mol. The molecule has 0 N–H and O–H groups in total. The van der Waals surface area contributed by atoms with Crippen LogP contribution in [0.2, 0.25) is 0 Å². The Morgan fingerprint density at radius 2 is 1.79 bits per heavy atom. The molecule has 0 bridgehead atoms. The van der Waals surface area contributed by atoms with Crippen molar-refractivity contribution < 1.29 is 13.2 Å². The molecule has 0 saturated carbocycles. The highest BCUT2D eigenvalue weighted by Crippen LogP contribution is 2.28. The van der Waals surface area contributed by atoms with Crippen LogP contribution in [0.5, 0.6) is 5.75 Å². The molecule has 29 heavy (non-hydrogen) atoms. The highest BCUT2D eigenvalue weighted by molar-refractivity contribution is 7.89. The third kappa shape index (κ3) is 3.90. The average molecular weight is 416 g/mol. The first-order valence-electron chi connectivity index (χ1n) is 9.42. The summed E-state index contributed by atoms with van der Waals surface area (Å²) in [4.78, 5) is 17.5. The Kier molecular flexibility index (Phi) is 6.04. The van der Waals surface area contributed by atoms with Gasteiger partial charge in [0.25, 0.3) is 5.56 Å². The minimum absolute atomic E-state index is 0.171. The summed E-state index contributed by atoms with van der Waals surface area (Å²) in [5, 5.41) is 0.506. The molecule has 0 radical (unpaired) electrons. The Bertz CT molecular complexity index is 1170. The summed E-state index contributed by atoms with van der Waals surface area (Å²) in [6, 6.07) is 12.7. The average Bonchev–Trinajstić information content (AvgIpc) is 2.74. The van der Waals surface area contributed by atoms with Gasteiger partial charge in [-0.3, -0.25) is 9.36 Å². The van der Waals surface area contributed by atoms with Gasteiger partial charge in [0.15, 0.2) is 0 Å². The topological polar surface area (TPSA) is 81.5 Å². The highest BCUT2D eigenvalue weighted by Gasteiger charge is 2.31. The van der Waals surface area contributed by atoms with Gasteiger partial charge < -0.3 is 4.74 Å². The van der Waals surface area contributed by atoms with Crippen molar-refractivity contribution in [2.24, 2.45) is 7.05 Å². The minimum Gasteiger partial charge on any atom is -0.497 e. The molecule has 0 amide bonds. The number of rotatable bonds is 7. The fourth-order valence-electron chi connectivity index (χ4n) is 3.36. The van der Waals surface area contributed by atoms with E-state index in [1.165, 1.54) is 28.1 Å². The molecule has 1 atom stereocenters. The fraction of sp³-hybridized carbons (Fsp3) is 0.333. The van der Waals surface area contributed by atoms with Crippen LogP contribution in [0.4, 0.5) is 0 Å². The van der Waals surface area contributed by atoms with Crippen molar-refractivity contribution in [1.29, 1.82) is 0 Å². The zero-order valence-electron chi connectivity index (χ0n) is 17.0. The van der Waals surface area contributed by atoms with Crippen LogP contribution < -0.4 is 10.3 Å². The van der Waals surface area contributed by atoms with E-state index in [1.807, 2.05) is 6.92 Å². The summed E-state index contributed by atoms with van der Waals surface area (Å²) >= 11 is 0.